The lowest BCUT2D eigenvalue weighted by atomic mass is 10.1. The zero-order chi connectivity index (χ0) is 16.1. The molecule has 122 valence electrons. The van der Waals surface area contributed by atoms with Crippen molar-refractivity contribution in [2.24, 2.45) is 0 Å². The summed E-state index contributed by atoms with van der Waals surface area (Å²) in [4.78, 5) is 29.2. The van der Waals surface area contributed by atoms with Crippen LogP contribution in [0.2, 0.25) is 0 Å². The molecule has 1 aliphatic heterocycles. The van der Waals surface area contributed by atoms with Gasteiger partial charge in [-0.3, -0.25) is 14.5 Å². The van der Waals surface area contributed by atoms with Gasteiger partial charge >= 0.3 is 0 Å². The van der Waals surface area contributed by atoms with E-state index in [0.29, 0.717) is 17.8 Å². The van der Waals surface area contributed by atoms with Crippen LogP contribution in [0.5, 0.6) is 0 Å². The van der Waals surface area contributed by atoms with E-state index in [1.165, 1.54) is 6.92 Å². The number of carbonyl (C=O) groups excluding carboxylic acids is 2. The molecule has 22 heavy (non-hydrogen) atoms. The average molecular weight is 307 g/mol. The van der Waals surface area contributed by atoms with E-state index in [2.05, 4.69) is 15.2 Å². The van der Waals surface area contributed by atoms with Gasteiger partial charge in [-0.25, -0.2) is 0 Å². The van der Waals surface area contributed by atoms with Gasteiger partial charge in [-0.05, 0) is 39.3 Å². The van der Waals surface area contributed by atoms with Crippen molar-refractivity contribution < 1.29 is 14.3 Å². The summed E-state index contributed by atoms with van der Waals surface area (Å²) >= 11 is 0. The van der Waals surface area contributed by atoms with Crippen LogP contribution in [0, 0.1) is 13.8 Å². The largest absolute Gasteiger partial charge is 0.379 e. The lowest BCUT2D eigenvalue weighted by molar-refractivity contribution is 0.0374. The van der Waals surface area contributed by atoms with Gasteiger partial charge < -0.3 is 15.0 Å². The van der Waals surface area contributed by atoms with E-state index < -0.39 is 0 Å². The maximum atomic E-state index is 12.2. The van der Waals surface area contributed by atoms with Gasteiger partial charge in [0.05, 0.1) is 13.2 Å². The fourth-order valence-corrected chi connectivity index (χ4v) is 2.92. The maximum Gasteiger partial charge on any atom is 0.268 e. The zero-order valence-electron chi connectivity index (χ0n) is 13.6. The molecule has 1 aromatic rings. The number of aromatic nitrogens is 1. The highest BCUT2D eigenvalue weighted by atomic mass is 16.5. The summed E-state index contributed by atoms with van der Waals surface area (Å²) in [6.07, 6.45) is 0.907. The minimum atomic E-state index is -0.143. The van der Waals surface area contributed by atoms with Crippen LogP contribution in [0.15, 0.2) is 0 Å². The average Bonchev–Trinajstić information content (AvgIpc) is 2.79. The first kappa shape index (κ1) is 16.7. The highest BCUT2D eigenvalue weighted by molar-refractivity contribution is 6.02. The summed E-state index contributed by atoms with van der Waals surface area (Å²) < 4.78 is 5.30. The second kappa shape index (κ2) is 7.56. The topological polar surface area (TPSA) is 74.4 Å². The van der Waals surface area contributed by atoms with Crippen molar-refractivity contribution in [1.82, 2.24) is 15.2 Å². The second-order valence-electron chi connectivity index (χ2n) is 5.74. The molecule has 2 heterocycles. The molecule has 2 rings (SSSR count). The van der Waals surface area contributed by atoms with Gasteiger partial charge in [0.15, 0.2) is 5.78 Å². The number of ether oxygens (including phenoxy) is 1. The van der Waals surface area contributed by atoms with Gasteiger partial charge in [0.2, 0.25) is 0 Å². The third-order valence-corrected chi connectivity index (χ3v) is 4.06. The number of hydrogen-bond acceptors (Lipinski definition) is 4. The quantitative estimate of drug-likeness (QED) is 0.613. The van der Waals surface area contributed by atoms with Crippen LogP contribution in [0.25, 0.3) is 0 Å². The Balaban J connectivity index is 1.82. The Kier molecular flexibility index (Phi) is 5.74. The van der Waals surface area contributed by atoms with Crippen molar-refractivity contribution in [3.63, 3.8) is 0 Å². The number of carbonyl (C=O) groups is 2. The second-order valence-corrected chi connectivity index (χ2v) is 5.74. The summed E-state index contributed by atoms with van der Waals surface area (Å²) in [5.41, 5.74) is 2.60. The molecule has 1 aliphatic rings. The normalized spacial score (nSPS) is 15.8. The Labute approximate surface area is 131 Å². The minimum absolute atomic E-state index is 0.0161. The van der Waals surface area contributed by atoms with Crippen LogP contribution in [0.1, 0.15) is 45.4 Å². The number of ketones is 1. The fraction of sp³-hybridized carbons (Fsp3) is 0.625. The first-order chi connectivity index (χ1) is 10.5. The molecule has 0 aliphatic carbocycles. The smallest absolute Gasteiger partial charge is 0.268 e. The van der Waals surface area contributed by atoms with Crippen molar-refractivity contribution in [3.05, 3.63) is 22.5 Å². The Morgan fingerprint density at radius 2 is 1.95 bits per heavy atom. The van der Waals surface area contributed by atoms with Crippen molar-refractivity contribution in [3.8, 4) is 0 Å². The van der Waals surface area contributed by atoms with Crippen LogP contribution in [0.3, 0.4) is 0 Å². The van der Waals surface area contributed by atoms with Crippen molar-refractivity contribution >= 4 is 11.7 Å². The first-order valence-electron chi connectivity index (χ1n) is 7.79. The summed E-state index contributed by atoms with van der Waals surface area (Å²) in [5, 5.41) is 2.92. The van der Waals surface area contributed by atoms with Crippen LogP contribution in [0.4, 0.5) is 0 Å². The molecule has 0 unspecified atom stereocenters. The molecule has 0 spiro atoms. The number of nitrogens with one attached hydrogen (secondary N) is 2. The first-order valence-corrected chi connectivity index (χ1v) is 7.79. The summed E-state index contributed by atoms with van der Waals surface area (Å²) in [7, 11) is 0. The molecule has 1 saturated heterocycles. The number of aromatic amines is 1. The standard InChI is InChI=1S/C16H25N3O3/c1-11-14(13(3)20)12(2)18-15(11)16(21)17-5-4-6-19-7-9-22-10-8-19/h18H,4-10H2,1-3H3,(H,17,21). The van der Waals surface area contributed by atoms with E-state index >= 15 is 0 Å². The molecule has 6 nitrogen and oxygen atoms in total. The van der Waals surface area contributed by atoms with Gasteiger partial charge in [0.1, 0.15) is 5.69 Å². The number of H-pyrrole nitrogens is 1. The SMILES string of the molecule is CC(=O)c1c(C)[nH]c(C(=O)NCCCN2CCOCC2)c1C. The third kappa shape index (κ3) is 3.96. The predicted molar refractivity (Wildman–Crippen MR) is 84.5 cm³/mol. The zero-order valence-corrected chi connectivity index (χ0v) is 13.6. The van der Waals surface area contributed by atoms with Crippen molar-refractivity contribution in [2.75, 3.05) is 39.4 Å². The predicted octanol–water partition coefficient (Wildman–Crippen LogP) is 1.29. The molecule has 0 atom stereocenters. The molecule has 6 heteroatoms. The van der Waals surface area contributed by atoms with Gasteiger partial charge in [-0.1, -0.05) is 0 Å². The van der Waals surface area contributed by atoms with Gasteiger partial charge in [-0.2, -0.15) is 0 Å². The molecule has 1 aromatic heterocycles. The lowest BCUT2D eigenvalue weighted by Gasteiger charge is -2.26. The number of nitrogens with zero attached hydrogens (tertiary/aromatic N) is 1. The Morgan fingerprint density at radius 1 is 1.27 bits per heavy atom. The van der Waals surface area contributed by atoms with E-state index in [9.17, 15) is 9.59 Å². The van der Waals surface area contributed by atoms with Crippen LogP contribution in [-0.4, -0.2) is 61.0 Å². The number of Topliss-reactive ketones (excluding diaryl/α,β-unsaturated/α-hetero) is 1. The molecule has 1 fully saturated rings. The van der Waals surface area contributed by atoms with Gasteiger partial charge in [-0.15, -0.1) is 0 Å². The van der Waals surface area contributed by atoms with E-state index in [1.807, 2.05) is 13.8 Å². The van der Waals surface area contributed by atoms with Gasteiger partial charge in [0.25, 0.3) is 5.91 Å². The monoisotopic (exact) mass is 307 g/mol. The van der Waals surface area contributed by atoms with Crippen molar-refractivity contribution in [1.29, 1.82) is 0 Å². The van der Waals surface area contributed by atoms with E-state index in [1.54, 1.807) is 0 Å². The molecule has 0 radical (unpaired) electrons. The Morgan fingerprint density at radius 3 is 2.55 bits per heavy atom. The highest BCUT2D eigenvalue weighted by Gasteiger charge is 2.19. The Hall–Kier alpha value is -1.66. The minimum Gasteiger partial charge on any atom is -0.379 e. The number of amides is 1. The lowest BCUT2D eigenvalue weighted by Crippen LogP contribution is -2.38. The summed E-state index contributed by atoms with van der Waals surface area (Å²) in [6.45, 7) is 10.3. The number of aryl methyl sites for hydroxylation is 1. The van der Waals surface area contributed by atoms with Crippen LogP contribution < -0.4 is 5.32 Å². The number of morpholine rings is 1. The fourth-order valence-electron chi connectivity index (χ4n) is 2.92. The Bertz CT molecular complexity index is 545. The van der Waals surface area contributed by atoms with E-state index in [-0.39, 0.29) is 11.7 Å². The molecule has 0 aromatic carbocycles. The number of rotatable bonds is 6. The van der Waals surface area contributed by atoms with Crippen LogP contribution >= 0.6 is 0 Å². The van der Waals surface area contributed by atoms with Crippen molar-refractivity contribution in [2.45, 2.75) is 27.2 Å². The summed E-state index contributed by atoms with van der Waals surface area (Å²) in [5.74, 6) is -0.160. The van der Waals surface area contributed by atoms with Gasteiger partial charge in [0, 0.05) is 30.9 Å². The highest BCUT2D eigenvalue weighted by Crippen LogP contribution is 2.18. The summed E-state index contributed by atoms with van der Waals surface area (Å²) in [6, 6.07) is 0. The van der Waals surface area contributed by atoms with Crippen LogP contribution in [-0.2, 0) is 4.74 Å². The molecule has 1 amide bonds. The van der Waals surface area contributed by atoms with E-state index in [0.717, 1.165) is 50.5 Å². The molecular weight excluding hydrogens is 282 g/mol. The number of hydrogen-bond donors (Lipinski definition) is 2. The molecule has 0 saturated carbocycles. The maximum absolute atomic E-state index is 12.2. The molecular formula is C16H25N3O3. The molecule has 2 N–H and O–H groups in total. The van der Waals surface area contributed by atoms with E-state index in [4.69, 9.17) is 4.74 Å². The third-order valence-electron chi connectivity index (χ3n) is 4.06. The molecule has 0 bridgehead atoms.